The van der Waals surface area contributed by atoms with E-state index in [0.29, 0.717) is 17.4 Å². The van der Waals surface area contributed by atoms with Gasteiger partial charge in [0.25, 0.3) is 5.71 Å². The monoisotopic (exact) mass is 325 g/mol. The van der Waals surface area contributed by atoms with Crippen LogP contribution in [0.2, 0.25) is 0 Å². The van der Waals surface area contributed by atoms with Crippen molar-refractivity contribution in [1.82, 2.24) is 19.9 Å². The molecule has 1 saturated heterocycles. The largest absolute Gasteiger partial charge is 0.489 e. The third kappa shape index (κ3) is 2.89. The van der Waals surface area contributed by atoms with E-state index >= 15 is 0 Å². The molecule has 7 nitrogen and oxygen atoms in total. The highest BCUT2D eigenvalue weighted by Crippen LogP contribution is 2.27. The van der Waals surface area contributed by atoms with E-state index in [0.717, 1.165) is 43.0 Å². The standard InChI is InChI=1S/C17H19N5O2/c1-11-19-16(15-17(20-11)23-12(2)21-15)22-8-5-13(6-9-22)24-14-4-3-7-18-10-14/h3-4,7,10,13H,5-6,8-9H2,1-2H3. The van der Waals surface area contributed by atoms with E-state index in [4.69, 9.17) is 9.15 Å². The molecule has 0 amide bonds. The van der Waals surface area contributed by atoms with Gasteiger partial charge in [-0.15, -0.1) is 0 Å². The van der Waals surface area contributed by atoms with Crippen molar-refractivity contribution in [3.63, 3.8) is 0 Å². The van der Waals surface area contributed by atoms with E-state index in [9.17, 15) is 0 Å². The third-order valence-corrected chi connectivity index (χ3v) is 4.14. The Labute approximate surface area is 139 Å². The Hall–Kier alpha value is -2.70. The first-order valence-electron chi connectivity index (χ1n) is 8.12. The highest BCUT2D eigenvalue weighted by Gasteiger charge is 2.25. The average Bonchev–Trinajstić information content (AvgIpc) is 2.96. The zero-order valence-corrected chi connectivity index (χ0v) is 13.8. The van der Waals surface area contributed by atoms with Gasteiger partial charge in [0, 0.05) is 39.1 Å². The molecule has 1 aliphatic heterocycles. The molecule has 24 heavy (non-hydrogen) atoms. The van der Waals surface area contributed by atoms with Crippen LogP contribution < -0.4 is 9.64 Å². The van der Waals surface area contributed by atoms with Gasteiger partial charge in [-0.05, 0) is 19.1 Å². The second-order valence-corrected chi connectivity index (χ2v) is 5.97. The van der Waals surface area contributed by atoms with Crippen molar-refractivity contribution in [2.75, 3.05) is 18.0 Å². The second-order valence-electron chi connectivity index (χ2n) is 5.97. The van der Waals surface area contributed by atoms with E-state index < -0.39 is 0 Å². The van der Waals surface area contributed by atoms with Gasteiger partial charge in [-0.3, -0.25) is 4.98 Å². The molecule has 0 radical (unpaired) electrons. The topological polar surface area (TPSA) is 77.2 Å². The highest BCUT2D eigenvalue weighted by molar-refractivity contribution is 5.82. The van der Waals surface area contributed by atoms with Crippen molar-refractivity contribution >= 4 is 17.0 Å². The first kappa shape index (κ1) is 14.9. The van der Waals surface area contributed by atoms with Crippen molar-refractivity contribution in [2.24, 2.45) is 0 Å². The minimum absolute atomic E-state index is 0.197. The maximum absolute atomic E-state index is 6.00. The molecule has 4 rings (SSSR count). The molecule has 0 aliphatic carbocycles. The molecule has 0 atom stereocenters. The van der Waals surface area contributed by atoms with E-state index in [1.54, 1.807) is 12.4 Å². The lowest BCUT2D eigenvalue weighted by Crippen LogP contribution is -2.39. The van der Waals surface area contributed by atoms with Gasteiger partial charge < -0.3 is 14.1 Å². The predicted octanol–water partition coefficient (Wildman–Crippen LogP) is 2.68. The minimum Gasteiger partial charge on any atom is -0.489 e. The highest BCUT2D eigenvalue weighted by atomic mass is 16.5. The van der Waals surface area contributed by atoms with Crippen LogP contribution in [0.15, 0.2) is 28.9 Å². The van der Waals surface area contributed by atoms with Gasteiger partial charge in [-0.1, -0.05) is 0 Å². The van der Waals surface area contributed by atoms with E-state index in [1.807, 2.05) is 26.0 Å². The first-order valence-corrected chi connectivity index (χ1v) is 8.12. The van der Waals surface area contributed by atoms with E-state index in [1.165, 1.54) is 0 Å². The Morgan fingerprint density at radius 2 is 2.00 bits per heavy atom. The fraction of sp³-hybridized carbons (Fsp3) is 0.412. The quantitative estimate of drug-likeness (QED) is 0.732. The van der Waals surface area contributed by atoms with Gasteiger partial charge in [0.1, 0.15) is 17.7 Å². The van der Waals surface area contributed by atoms with Gasteiger partial charge in [0.15, 0.2) is 17.2 Å². The number of piperidine rings is 1. The molecule has 3 aromatic rings. The summed E-state index contributed by atoms with van der Waals surface area (Å²) < 4.78 is 11.6. The van der Waals surface area contributed by atoms with Crippen LogP contribution in [0.5, 0.6) is 5.75 Å². The minimum atomic E-state index is 0.197. The Kier molecular flexibility index (Phi) is 3.76. The summed E-state index contributed by atoms with van der Waals surface area (Å²) in [6, 6.07) is 3.83. The molecular weight excluding hydrogens is 306 g/mol. The smallest absolute Gasteiger partial charge is 0.252 e. The Bertz CT molecular complexity index is 841. The summed E-state index contributed by atoms with van der Waals surface area (Å²) in [6.07, 6.45) is 5.55. The predicted molar refractivity (Wildman–Crippen MR) is 89.2 cm³/mol. The first-order chi connectivity index (χ1) is 11.7. The molecular formula is C17H19N5O2. The summed E-state index contributed by atoms with van der Waals surface area (Å²) in [5.74, 6) is 2.99. The molecule has 4 heterocycles. The normalized spacial score (nSPS) is 15.8. The average molecular weight is 325 g/mol. The number of hydrogen-bond acceptors (Lipinski definition) is 7. The van der Waals surface area contributed by atoms with Crippen LogP contribution in [0.1, 0.15) is 24.6 Å². The van der Waals surface area contributed by atoms with E-state index in [-0.39, 0.29) is 6.10 Å². The number of aryl methyl sites for hydroxylation is 2. The fourth-order valence-corrected chi connectivity index (χ4v) is 3.03. The van der Waals surface area contributed by atoms with Crippen LogP contribution in [-0.2, 0) is 0 Å². The van der Waals surface area contributed by atoms with Crippen LogP contribution in [0.3, 0.4) is 0 Å². The van der Waals surface area contributed by atoms with Gasteiger partial charge >= 0.3 is 0 Å². The molecule has 0 bridgehead atoms. The van der Waals surface area contributed by atoms with Crippen molar-refractivity contribution in [3.05, 3.63) is 36.2 Å². The number of fused-ring (bicyclic) bond motifs is 1. The van der Waals surface area contributed by atoms with Crippen molar-refractivity contribution in [2.45, 2.75) is 32.8 Å². The van der Waals surface area contributed by atoms with Crippen LogP contribution in [-0.4, -0.2) is 39.1 Å². The molecule has 1 aliphatic rings. The maximum Gasteiger partial charge on any atom is 0.252 e. The second kappa shape index (κ2) is 6.07. The molecule has 124 valence electrons. The van der Waals surface area contributed by atoms with Crippen LogP contribution in [0, 0.1) is 13.8 Å². The van der Waals surface area contributed by atoms with Crippen molar-refractivity contribution in [3.8, 4) is 5.75 Å². The van der Waals surface area contributed by atoms with Crippen LogP contribution in [0.25, 0.3) is 11.2 Å². The fourth-order valence-electron chi connectivity index (χ4n) is 3.03. The van der Waals surface area contributed by atoms with Gasteiger partial charge in [-0.2, -0.15) is 4.98 Å². The molecule has 0 aromatic carbocycles. The summed E-state index contributed by atoms with van der Waals surface area (Å²) in [4.78, 5) is 19.7. The lowest BCUT2D eigenvalue weighted by Gasteiger charge is -2.32. The lowest BCUT2D eigenvalue weighted by atomic mass is 10.1. The molecule has 0 unspecified atom stereocenters. The molecule has 1 fully saturated rings. The summed E-state index contributed by atoms with van der Waals surface area (Å²) in [7, 11) is 0. The number of aromatic nitrogens is 4. The SMILES string of the molecule is Cc1nc(N2CCC(Oc3cccnc3)CC2)c2nc(C)oc2n1. The van der Waals surface area contributed by atoms with Crippen molar-refractivity contribution in [1.29, 1.82) is 0 Å². The summed E-state index contributed by atoms with van der Waals surface area (Å²) >= 11 is 0. The zero-order chi connectivity index (χ0) is 16.5. The molecule has 0 spiro atoms. The van der Waals surface area contributed by atoms with Crippen molar-refractivity contribution < 1.29 is 9.15 Å². The molecule has 0 saturated carbocycles. The van der Waals surface area contributed by atoms with Gasteiger partial charge in [0.05, 0.1) is 6.20 Å². The molecule has 7 heteroatoms. The van der Waals surface area contributed by atoms with Gasteiger partial charge in [-0.25, -0.2) is 9.97 Å². The van der Waals surface area contributed by atoms with Gasteiger partial charge in [0.2, 0.25) is 0 Å². The summed E-state index contributed by atoms with van der Waals surface area (Å²) in [5, 5.41) is 0. The number of rotatable bonds is 3. The number of nitrogens with zero attached hydrogens (tertiary/aromatic N) is 5. The number of ether oxygens (including phenoxy) is 1. The lowest BCUT2D eigenvalue weighted by molar-refractivity contribution is 0.170. The Morgan fingerprint density at radius 1 is 1.17 bits per heavy atom. The molecule has 3 aromatic heterocycles. The summed E-state index contributed by atoms with van der Waals surface area (Å²) in [5.41, 5.74) is 1.30. The number of oxazole rings is 1. The Morgan fingerprint density at radius 3 is 2.75 bits per heavy atom. The Balaban J connectivity index is 1.50. The maximum atomic E-state index is 6.00. The third-order valence-electron chi connectivity index (χ3n) is 4.14. The van der Waals surface area contributed by atoms with Crippen LogP contribution >= 0.6 is 0 Å². The molecule has 0 N–H and O–H groups in total. The number of anilines is 1. The van der Waals surface area contributed by atoms with E-state index in [2.05, 4.69) is 24.8 Å². The zero-order valence-electron chi connectivity index (χ0n) is 13.8. The summed E-state index contributed by atoms with van der Waals surface area (Å²) in [6.45, 7) is 5.43. The number of pyridine rings is 1. The number of hydrogen-bond donors (Lipinski definition) is 0. The van der Waals surface area contributed by atoms with Crippen LogP contribution in [0.4, 0.5) is 5.82 Å².